The van der Waals surface area contributed by atoms with Crippen LogP contribution in [0.5, 0.6) is 0 Å². The summed E-state index contributed by atoms with van der Waals surface area (Å²) in [5.74, 6) is -0.871. The van der Waals surface area contributed by atoms with E-state index in [-0.39, 0.29) is 24.6 Å². The zero-order chi connectivity index (χ0) is 30.9. The van der Waals surface area contributed by atoms with Gasteiger partial charge in [-0.05, 0) is 83.5 Å². The van der Waals surface area contributed by atoms with Crippen LogP contribution in [0.4, 0.5) is 19.3 Å². The highest BCUT2D eigenvalue weighted by Gasteiger charge is 2.41. The van der Waals surface area contributed by atoms with Crippen molar-refractivity contribution in [3.63, 3.8) is 0 Å². The summed E-state index contributed by atoms with van der Waals surface area (Å²) in [7, 11) is -3.79. The fraction of sp³-hybridized carbons (Fsp3) is 0.517. The number of alkyl halides is 2. The first-order valence-corrected chi connectivity index (χ1v) is 15.7. The maximum atomic E-state index is 14.1. The molecule has 0 radical (unpaired) electrons. The van der Waals surface area contributed by atoms with Gasteiger partial charge in [0.25, 0.3) is 5.89 Å². The summed E-state index contributed by atoms with van der Waals surface area (Å²) in [4.78, 5) is 20.6. The highest BCUT2D eigenvalue weighted by molar-refractivity contribution is 7.93. The number of likely N-dealkylation sites (tertiary alicyclic amines) is 2. The molecule has 4 heterocycles. The van der Waals surface area contributed by atoms with Crippen LogP contribution in [0, 0.1) is 6.92 Å². The molecule has 43 heavy (non-hydrogen) atoms. The molecule has 0 bridgehead atoms. The van der Waals surface area contributed by atoms with Gasteiger partial charge in [0.2, 0.25) is 15.9 Å². The van der Waals surface area contributed by atoms with Gasteiger partial charge in [-0.3, -0.25) is 14.2 Å². The standard InChI is InChI=1S/C29H36F2N6O5S/c1-19-6-5-7-22(14-19)37(16-21-9-8-20(15-32-21)26-33-34-27(41-26)25(30)31)43(39,40)24-10-12-35(13-11-24)23-17-36(18-23)28(38)42-29(2,3)4/h5-9,14-15,23-25H,10-13,16-18H2,1-4H3. The first-order chi connectivity index (χ1) is 20.3. The molecule has 5 rings (SSSR count). The number of hydrogen-bond donors (Lipinski definition) is 0. The number of piperidine rings is 1. The van der Waals surface area contributed by atoms with Gasteiger partial charge in [0, 0.05) is 25.3 Å². The average Bonchev–Trinajstić information content (AvgIpc) is 3.41. The number of sulfonamides is 1. The lowest BCUT2D eigenvalue weighted by Crippen LogP contribution is -2.63. The molecule has 14 heteroatoms. The molecule has 0 N–H and O–H groups in total. The summed E-state index contributed by atoms with van der Waals surface area (Å²) in [6.07, 6.45) is -0.884. The number of hydrogen-bond acceptors (Lipinski definition) is 9. The number of benzene rings is 1. The van der Waals surface area contributed by atoms with Gasteiger partial charge in [0.05, 0.1) is 28.7 Å². The van der Waals surface area contributed by atoms with Crippen LogP contribution in [0.2, 0.25) is 0 Å². The first kappa shape index (κ1) is 30.8. The maximum Gasteiger partial charge on any atom is 0.410 e. The van der Waals surface area contributed by atoms with E-state index in [1.165, 1.54) is 10.5 Å². The second kappa shape index (κ2) is 12.2. The van der Waals surface area contributed by atoms with Crippen LogP contribution in [-0.4, -0.2) is 82.6 Å². The summed E-state index contributed by atoms with van der Waals surface area (Å²) < 4.78 is 65.7. The van der Waals surface area contributed by atoms with Gasteiger partial charge in [-0.25, -0.2) is 13.2 Å². The molecule has 232 valence electrons. The third-order valence-corrected chi connectivity index (χ3v) is 9.80. The van der Waals surface area contributed by atoms with Crippen molar-refractivity contribution in [3.8, 4) is 11.5 Å². The predicted molar refractivity (Wildman–Crippen MR) is 155 cm³/mol. The van der Waals surface area contributed by atoms with Crippen molar-refractivity contribution in [2.75, 3.05) is 30.5 Å². The van der Waals surface area contributed by atoms with E-state index in [1.807, 2.05) is 45.9 Å². The number of anilines is 1. The summed E-state index contributed by atoms with van der Waals surface area (Å²) in [5.41, 5.74) is 1.73. The van der Waals surface area contributed by atoms with Gasteiger partial charge < -0.3 is 14.1 Å². The molecule has 0 aliphatic carbocycles. The minimum Gasteiger partial charge on any atom is -0.444 e. The van der Waals surface area contributed by atoms with E-state index >= 15 is 0 Å². The normalized spacial score (nSPS) is 17.2. The van der Waals surface area contributed by atoms with E-state index < -0.39 is 33.2 Å². The molecule has 2 aromatic heterocycles. The number of pyridine rings is 1. The molecule has 1 aromatic carbocycles. The van der Waals surface area contributed by atoms with Crippen LogP contribution < -0.4 is 4.31 Å². The summed E-state index contributed by atoms with van der Waals surface area (Å²) in [5, 5.41) is 6.39. The number of carbonyl (C=O) groups is 1. The number of ether oxygens (including phenoxy) is 1. The lowest BCUT2D eigenvalue weighted by Gasteiger charge is -2.47. The van der Waals surface area contributed by atoms with Crippen LogP contribution in [0.3, 0.4) is 0 Å². The molecular formula is C29H36F2N6O5S. The monoisotopic (exact) mass is 618 g/mol. The Morgan fingerprint density at radius 1 is 1.14 bits per heavy atom. The van der Waals surface area contributed by atoms with Crippen molar-refractivity contribution in [1.29, 1.82) is 0 Å². The Bertz CT molecular complexity index is 1530. The van der Waals surface area contributed by atoms with Crippen LogP contribution in [-0.2, 0) is 21.3 Å². The lowest BCUT2D eigenvalue weighted by molar-refractivity contribution is -0.0184. The minimum absolute atomic E-state index is 0.00806. The molecule has 2 aliphatic rings. The lowest BCUT2D eigenvalue weighted by atomic mass is 10.0. The Hall–Kier alpha value is -3.65. The van der Waals surface area contributed by atoms with Crippen molar-refractivity contribution in [2.45, 2.75) is 70.4 Å². The molecule has 11 nitrogen and oxygen atoms in total. The zero-order valence-corrected chi connectivity index (χ0v) is 25.4. The molecular weight excluding hydrogens is 582 g/mol. The Kier molecular flexibility index (Phi) is 8.70. The van der Waals surface area contributed by atoms with Crippen molar-refractivity contribution in [1.82, 2.24) is 25.0 Å². The Balaban J connectivity index is 1.26. The highest BCUT2D eigenvalue weighted by atomic mass is 32.2. The van der Waals surface area contributed by atoms with Crippen LogP contribution in [0.15, 0.2) is 47.0 Å². The van der Waals surface area contributed by atoms with E-state index in [0.717, 1.165) is 5.56 Å². The van der Waals surface area contributed by atoms with Crippen molar-refractivity contribution < 1.29 is 31.1 Å². The highest BCUT2D eigenvalue weighted by Crippen LogP contribution is 2.31. The van der Waals surface area contributed by atoms with Gasteiger partial charge in [-0.15, -0.1) is 10.2 Å². The topological polar surface area (TPSA) is 122 Å². The van der Waals surface area contributed by atoms with Crippen LogP contribution in [0.1, 0.15) is 57.2 Å². The molecule has 2 saturated heterocycles. The number of amides is 1. The molecule has 0 saturated carbocycles. The molecule has 1 amide bonds. The summed E-state index contributed by atoms with van der Waals surface area (Å²) in [6.45, 7) is 9.74. The third kappa shape index (κ3) is 7.12. The second-order valence-corrected chi connectivity index (χ2v) is 14.1. The minimum atomic E-state index is -3.79. The number of nitrogens with zero attached hydrogens (tertiary/aromatic N) is 6. The summed E-state index contributed by atoms with van der Waals surface area (Å²) >= 11 is 0. The van der Waals surface area contributed by atoms with Gasteiger partial charge in [-0.2, -0.15) is 8.78 Å². The van der Waals surface area contributed by atoms with E-state index in [2.05, 4.69) is 20.1 Å². The number of aryl methyl sites for hydroxylation is 1. The quantitative estimate of drug-likeness (QED) is 0.351. The fourth-order valence-corrected chi connectivity index (χ4v) is 7.11. The third-order valence-electron chi connectivity index (χ3n) is 7.53. The Morgan fingerprint density at radius 3 is 2.44 bits per heavy atom. The molecule has 0 atom stereocenters. The molecule has 0 unspecified atom stereocenters. The number of aromatic nitrogens is 3. The molecule has 2 fully saturated rings. The first-order valence-electron chi connectivity index (χ1n) is 14.2. The zero-order valence-electron chi connectivity index (χ0n) is 24.6. The van der Waals surface area contributed by atoms with Crippen LogP contribution in [0.25, 0.3) is 11.5 Å². The molecule has 2 aliphatic heterocycles. The van der Waals surface area contributed by atoms with Gasteiger partial charge in [-0.1, -0.05) is 12.1 Å². The van der Waals surface area contributed by atoms with E-state index in [0.29, 0.717) is 56.0 Å². The van der Waals surface area contributed by atoms with Gasteiger partial charge >= 0.3 is 12.5 Å². The summed E-state index contributed by atoms with van der Waals surface area (Å²) in [6, 6.07) is 10.7. The average molecular weight is 619 g/mol. The number of carbonyl (C=O) groups excluding carboxylic acids is 1. The maximum absolute atomic E-state index is 14.1. The molecule has 0 spiro atoms. The number of halogens is 2. The largest absolute Gasteiger partial charge is 0.444 e. The number of rotatable bonds is 8. The molecule has 3 aromatic rings. The fourth-order valence-electron chi connectivity index (χ4n) is 5.22. The Morgan fingerprint density at radius 2 is 1.86 bits per heavy atom. The van der Waals surface area contributed by atoms with Crippen molar-refractivity contribution in [2.24, 2.45) is 0 Å². The van der Waals surface area contributed by atoms with Crippen molar-refractivity contribution in [3.05, 3.63) is 59.7 Å². The SMILES string of the molecule is Cc1cccc(N(Cc2ccc(-c3nnc(C(F)F)o3)cn2)S(=O)(=O)C2CCN(C3CN(C(=O)OC(C)(C)C)C3)CC2)c1. The van der Waals surface area contributed by atoms with Gasteiger partial charge in [0.15, 0.2) is 0 Å². The predicted octanol–water partition coefficient (Wildman–Crippen LogP) is 4.80. The Labute approximate surface area is 249 Å². The van der Waals surface area contributed by atoms with E-state index in [4.69, 9.17) is 9.15 Å². The van der Waals surface area contributed by atoms with E-state index in [9.17, 15) is 22.0 Å². The smallest absolute Gasteiger partial charge is 0.410 e. The van der Waals surface area contributed by atoms with E-state index in [1.54, 1.807) is 23.1 Å². The van der Waals surface area contributed by atoms with Gasteiger partial charge in [0.1, 0.15) is 5.60 Å². The second-order valence-electron chi connectivity index (χ2n) is 11.9. The van der Waals surface area contributed by atoms with Crippen molar-refractivity contribution >= 4 is 21.8 Å². The van der Waals surface area contributed by atoms with Crippen LogP contribution >= 0.6 is 0 Å².